The molecule has 0 fully saturated rings. The van der Waals surface area contributed by atoms with E-state index in [0.717, 1.165) is 12.1 Å². The van der Waals surface area contributed by atoms with Crippen molar-refractivity contribution in [2.24, 2.45) is 0 Å². The molecule has 0 radical (unpaired) electrons. The Hall–Kier alpha value is -2.65. The lowest BCUT2D eigenvalue weighted by Crippen LogP contribution is -2.24. The molecular weight excluding hydrogens is 477 g/mol. The summed E-state index contributed by atoms with van der Waals surface area (Å²) >= 11 is 0. The van der Waals surface area contributed by atoms with Crippen LogP contribution in [0.2, 0.25) is 0 Å². The van der Waals surface area contributed by atoms with Gasteiger partial charge in [0.15, 0.2) is 7.14 Å². The van der Waals surface area contributed by atoms with E-state index in [1.54, 1.807) is 0 Å². The number of methoxy groups -OCH3 is 1. The third-order valence-corrected chi connectivity index (χ3v) is 7.44. The highest BCUT2D eigenvalue weighted by molar-refractivity contribution is 7.87. The zero-order valence-corrected chi connectivity index (χ0v) is 18.1. The largest absolute Gasteiger partial charge is 0.463 e. The zero-order chi connectivity index (χ0) is 24.9. The van der Waals surface area contributed by atoms with E-state index in [0.29, 0.717) is 18.2 Å². The molecule has 2 aromatic rings. The summed E-state index contributed by atoms with van der Waals surface area (Å²) in [5.41, 5.74) is -7.29. The van der Waals surface area contributed by atoms with Gasteiger partial charge < -0.3 is 14.0 Å². The molecule has 0 spiro atoms. The average molecular weight is 496 g/mol. The number of carbonyl (C=O) groups excluding carboxylic acids is 2. The molecule has 0 saturated heterocycles. The van der Waals surface area contributed by atoms with Gasteiger partial charge in [0, 0.05) is 18.6 Å². The van der Waals surface area contributed by atoms with Gasteiger partial charge in [-0.25, -0.2) is 0 Å². The number of rotatable bonds is 9. The molecule has 0 aromatic heterocycles. The molecule has 0 aliphatic heterocycles. The number of hydrogen-bond donors (Lipinski definition) is 0. The van der Waals surface area contributed by atoms with Gasteiger partial charge in [-0.15, -0.1) is 0 Å². The van der Waals surface area contributed by atoms with Crippen LogP contribution in [0.15, 0.2) is 48.5 Å². The highest BCUT2D eigenvalue weighted by Crippen LogP contribution is 2.52. The fraction of sp³-hybridized carbons (Fsp3) is 0.333. The van der Waals surface area contributed by atoms with E-state index in [1.807, 2.05) is 0 Å². The fourth-order valence-corrected chi connectivity index (χ4v) is 5.46. The first-order valence-electron chi connectivity index (χ1n) is 9.44. The Labute approximate surface area is 185 Å². The summed E-state index contributed by atoms with van der Waals surface area (Å²) in [5, 5.41) is -0.273. The summed E-state index contributed by atoms with van der Waals surface area (Å²) in [7, 11) is -3.30. The molecule has 0 aliphatic carbocycles. The van der Waals surface area contributed by atoms with E-state index in [2.05, 4.69) is 0 Å². The number of alkyl halides is 6. The van der Waals surface area contributed by atoms with Crippen molar-refractivity contribution in [2.45, 2.75) is 18.8 Å². The first kappa shape index (κ1) is 26.6. The first-order chi connectivity index (χ1) is 15.3. The van der Waals surface area contributed by atoms with E-state index in [4.69, 9.17) is 9.47 Å². The Morgan fingerprint density at radius 1 is 0.848 bits per heavy atom. The van der Waals surface area contributed by atoms with Crippen molar-refractivity contribution < 1.29 is 50.0 Å². The predicted octanol–water partition coefficient (Wildman–Crippen LogP) is 5.13. The van der Waals surface area contributed by atoms with Gasteiger partial charge in [-0.2, -0.15) is 26.3 Å². The monoisotopic (exact) mass is 496 g/mol. The lowest BCUT2D eigenvalue weighted by molar-refractivity contribution is -0.145. The quantitative estimate of drug-likeness (QED) is 0.208. The van der Waals surface area contributed by atoms with Gasteiger partial charge in [-0.3, -0.25) is 9.59 Å². The fourth-order valence-electron chi connectivity index (χ4n) is 3.01. The maximum atomic E-state index is 13.8. The van der Waals surface area contributed by atoms with Gasteiger partial charge in [0.1, 0.15) is 6.61 Å². The Kier molecular flexibility index (Phi) is 8.48. The highest BCUT2D eigenvalue weighted by Gasteiger charge is 2.47. The van der Waals surface area contributed by atoms with Crippen LogP contribution in [0, 0.1) is 0 Å². The number of esters is 1. The van der Waals surface area contributed by atoms with Crippen LogP contribution in [0.3, 0.4) is 0 Å². The maximum absolute atomic E-state index is 13.8. The number of carbonyl (C=O) groups is 2. The molecule has 0 aliphatic rings. The van der Waals surface area contributed by atoms with Gasteiger partial charge in [-0.1, -0.05) is 36.4 Å². The smallest absolute Gasteiger partial charge is 0.417 e. The molecule has 0 heterocycles. The number of hydrogen-bond acceptors (Lipinski definition) is 5. The van der Waals surface area contributed by atoms with Crippen LogP contribution in [0.4, 0.5) is 26.3 Å². The standard InChI is InChI=1S/C21H19F6O5P/c1-31-11-12-32-17(28)10-13-33(30,14-6-3-2-4-7-14)19(29)18-15(20(22,23)24)8-5-9-16(18)21(25,26)27/h2-9H,10-13H2,1H3. The molecule has 2 aromatic carbocycles. The van der Waals surface area contributed by atoms with Crippen LogP contribution in [0.1, 0.15) is 27.9 Å². The maximum Gasteiger partial charge on any atom is 0.417 e. The minimum absolute atomic E-state index is 0.0366. The van der Waals surface area contributed by atoms with Crippen LogP contribution in [0.5, 0.6) is 0 Å². The molecule has 0 bridgehead atoms. The van der Waals surface area contributed by atoms with Gasteiger partial charge in [-0.05, 0) is 12.1 Å². The minimum atomic E-state index is -5.33. The van der Waals surface area contributed by atoms with E-state index in [9.17, 15) is 40.5 Å². The van der Waals surface area contributed by atoms with Crippen LogP contribution < -0.4 is 5.30 Å². The summed E-state index contributed by atoms with van der Waals surface area (Å²) in [6, 6.07) is 7.56. The molecule has 1 unspecified atom stereocenters. The molecule has 12 heteroatoms. The topological polar surface area (TPSA) is 69.7 Å². The van der Waals surface area contributed by atoms with Crippen LogP contribution in [-0.4, -0.2) is 38.0 Å². The molecule has 33 heavy (non-hydrogen) atoms. The SMILES string of the molecule is COCCOC(=O)CCP(=O)(C(=O)c1c(C(F)(F)F)cccc1C(F)(F)F)c1ccccc1. The average Bonchev–Trinajstić information content (AvgIpc) is 2.76. The molecular formula is C21H19F6O5P. The number of benzene rings is 2. The van der Waals surface area contributed by atoms with Gasteiger partial charge in [0.2, 0.25) is 5.52 Å². The third-order valence-electron chi connectivity index (χ3n) is 4.57. The van der Waals surface area contributed by atoms with Gasteiger partial charge >= 0.3 is 18.3 Å². The lowest BCUT2D eigenvalue weighted by Gasteiger charge is -2.22. The molecule has 0 saturated carbocycles. The van der Waals surface area contributed by atoms with E-state index < -0.39 is 60.3 Å². The highest BCUT2D eigenvalue weighted by atomic mass is 31.2. The summed E-state index contributed by atoms with van der Waals surface area (Å²) in [5.74, 6) is -0.934. The van der Waals surface area contributed by atoms with Crippen molar-refractivity contribution in [2.75, 3.05) is 26.5 Å². The van der Waals surface area contributed by atoms with Crippen molar-refractivity contribution in [1.82, 2.24) is 0 Å². The van der Waals surface area contributed by atoms with Crippen molar-refractivity contribution in [3.05, 3.63) is 65.2 Å². The number of halogens is 6. The van der Waals surface area contributed by atoms with Crippen LogP contribution >= 0.6 is 7.14 Å². The Morgan fingerprint density at radius 2 is 1.39 bits per heavy atom. The van der Waals surface area contributed by atoms with Crippen molar-refractivity contribution in [3.63, 3.8) is 0 Å². The normalized spacial score (nSPS) is 13.9. The third kappa shape index (κ3) is 6.45. The molecule has 1 atom stereocenters. The second-order valence-electron chi connectivity index (χ2n) is 6.79. The van der Waals surface area contributed by atoms with Crippen LogP contribution in [-0.2, 0) is 31.2 Å². The molecule has 5 nitrogen and oxygen atoms in total. The molecule has 180 valence electrons. The molecule has 0 amide bonds. The van der Waals surface area contributed by atoms with Gasteiger partial charge in [0.05, 0.1) is 29.7 Å². The second-order valence-corrected chi connectivity index (χ2v) is 9.64. The Morgan fingerprint density at radius 3 is 1.88 bits per heavy atom. The second kappa shape index (κ2) is 10.5. The predicted molar refractivity (Wildman–Crippen MR) is 107 cm³/mol. The van der Waals surface area contributed by atoms with Crippen molar-refractivity contribution in [3.8, 4) is 0 Å². The molecule has 0 N–H and O–H groups in total. The van der Waals surface area contributed by atoms with E-state index >= 15 is 0 Å². The summed E-state index contributed by atoms with van der Waals surface area (Å²) in [6.45, 7) is -0.136. The molecule has 2 rings (SSSR count). The van der Waals surface area contributed by atoms with E-state index in [-0.39, 0.29) is 18.5 Å². The Balaban J connectivity index is 2.61. The van der Waals surface area contributed by atoms with Crippen molar-refractivity contribution >= 4 is 23.9 Å². The zero-order valence-electron chi connectivity index (χ0n) is 17.2. The summed E-state index contributed by atoms with van der Waals surface area (Å²) < 4.78 is 105. The Bertz CT molecular complexity index is 1000. The number of ether oxygens (including phenoxy) is 2. The van der Waals surface area contributed by atoms with E-state index in [1.165, 1.54) is 25.3 Å². The van der Waals surface area contributed by atoms with Crippen molar-refractivity contribution in [1.29, 1.82) is 0 Å². The van der Waals surface area contributed by atoms with Crippen LogP contribution in [0.25, 0.3) is 0 Å². The lowest BCUT2D eigenvalue weighted by atomic mass is 10.0. The van der Waals surface area contributed by atoms with Gasteiger partial charge in [0.25, 0.3) is 0 Å². The summed E-state index contributed by atoms with van der Waals surface area (Å²) in [4.78, 5) is 25.2. The first-order valence-corrected chi connectivity index (χ1v) is 11.3. The minimum Gasteiger partial charge on any atom is -0.463 e. The summed E-state index contributed by atoms with van der Waals surface area (Å²) in [6.07, 6.45) is -12.1.